The number of nitrogens with zero attached hydrogens (tertiary/aromatic N) is 1. The molecule has 3 rings (SSSR count). The summed E-state index contributed by atoms with van der Waals surface area (Å²) in [7, 11) is 1.56. The van der Waals surface area contributed by atoms with E-state index in [0.29, 0.717) is 29.8 Å². The van der Waals surface area contributed by atoms with Crippen LogP contribution >= 0.6 is 0 Å². The third-order valence-corrected chi connectivity index (χ3v) is 4.97. The third kappa shape index (κ3) is 5.14. The van der Waals surface area contributed by atoms with Crippen LogP contribution in [0.2, 0.25) is 0 Å². The SMILES string of the molecule is COc1ccc(C(=O)N2CCC[C@H]2C(=O)NCCNC(=O)c2ccc(F)cc2)cc1. The summed E-state index contributed by atoms with van der Waals surface area (Å²) >= 11 is 0. The lowest BCUT2D eigenvalue weighted by atomic mass is 10.1. The lowest BCUT2D eigenvalue weighted by molar-refractivity contribution is -0.124. The topological polar surface area (TPSA) is 87.7 Å². The molecule has 0 unspecified atom stereocenters. The first-order valence-electron chi connectivity index (χ1n) is 9.76. The van der Waals surface area contributed by atoms with Crippen molar-refractivity contribution in [3.05, 3.63) is 65.5 Å². The van der Waals surface area contributed by atoms with E-state index in [-0.39, 0.29) is 30.8 Å². The first-order valence-corrected chi connectivity index (χ1v) is 9.76. The lowest BCUT2D eigenvalue weighted by Gasteiger charge is -2.24. The number of methoxy groups -OCH3 is 1. The Morgan fingerprint density at radius 2 is 1.63 bits per heavy atom. The Labute approximate surface area is 174 Å². The number of carbonyl (C=O) groups is 3. The van der Waals surface area contributed by atoms with Crippen molar-refractivity contribution in [3.63, 3.8) is 0 Å². The lowest BCUT2D eigenvalue weighted by Crippen LogP contribution is -2.47. The molecule has 1 aliphatic heterocycles. The summed E-state index contributed by atoms with van der Waals surface area (Å²) in [4.78, 5) is 38.9. The quantitative estimate of drug-likeness (QED) is 0.680. The van der Waals surface area contributed by atoms with Crippen LogP contribution in [0.25, 0.3) is 0 Å². The van der Waals surface area contributed by atoms with Crippen LogP contribution in [0.5, 0.6) is 5.75 Å². The van der Waals surface area contributed by atoms with Gasteiger partial charge in [-0.1, -0.05) is 0 Å². The van der Waals surface area contributed by atoms with Crippen LogP contribution in [-0.4, -0.2) is 55.4 Å². The summed E-state index contributed by atoms with van der Waals surface area (Å²) in [6, 6.07) is 11.5. The number of hydrogen-bond donors (Lipinski definition) is 2. The van der Waals surface area contributed by atoms with E-state index in [1.807, 2.05) is 0 Å². The number of carbonyl (C=O) groups excluding carboxylic acids is 3. The van der Waals surface area contributed by atoms with E-state index in [1.165, 1.54) is 24.3 Å². The number of ether oxygens (including phenoxy) is 1. The van der Waals surface area contributed by atoms with Crippen LogP contribution < -0.4 is 15.4 Å². The molecule has 2 N–H and O–H groups in total. The van der Waals surface area contributed by atoms with Crippen LogP contribution in [0.1, 0.15) is 33.6 Å². The maximum absolute atomic E-state index is 12.9. The Balaban J connectivity index is 1.48. The Bertz CT molecular complexity index is 900. The van der Waals surface area contributed by atoms with Gasteiger partial charge in [-0.15, -0.1) is 0 Å². The van der Waals surface area contributed by atoms with E-state index in [9.17, 15) is 18.8 Å². The molecule has 1 saturated heterocycles. The van der Waals surface area contributed by atoms with Gasteiger partial charge in [-0.3, -0.25) is 14.4 Å². The van der Waals surface area contributed by atoms with Crippen LogP contribution in [0, 0.1) is 5.82 Å². The first kappa shape index (κ1) is 21.3. The fourth-order valence-corrected chi connectivity index (χ4v) is 3.36. The minimum atomic E-state index is -0.535. The van der Waals surface area contributed by atoms with Gasteiger partial charge in [0.15, 0.2) is 0 Å². The number of amides is 3. The van der Waals surface area contributed by atoms with Crippen molar-refractivity contribution in [2.24, 2.45) is 0 Å². The predicted octanol–water partition coefficient (Wildman–Crippen LogP) is 1.99. The maximum Gasteiger partial charge on any atom is 0.254 e. The van der Waals surface area contributed by atoms with Crippen molar-refractivity contribution in [1.29, 1.82) is 0 Å². The number of nitrogens with one attached hydrogen (secondary N) is 2. The van der Waals surface area contributed by atoms with Crippen LogP contribution in [0.3, 0.4) is 0 Å². The van der Waals surface area contributed by atoms with Crippen LogP contribution in [-0.2, 0) is 4.79 Å². The molecule has 1 aliphatic rings. The van der Waals surface area contributed by atoms with Gasteiger partial charge >= 0.3 is 0 Å². The molecule has 7 nitrogen and oxygen atoms in total. The van der Waals surface area contributed by atoms with Crippen molar-refractivity contribution in [2.45, 2.75) is 18.9 Å². The standard InChI is InChI=1S/C22H24FN3O4/c1-30-18-10-6-16(7-11-18)22(29)26-14-2-3-19(26)21(28)25-13-12-24-20(27)15-4-8-17(23)9-5-15/h4-11,19H,2-3,12-14H2,1H3,(H,24,27)(H,25,28)/t19-/m0/s1. The smallest absolute Gasteiger partial charge is 0.254 e. The van der Waals surface area contributed by atoms with Crippen molar-refractivity contribution >= 4 is 17.7 Å². The summed E-state index contributed by atoms with van der Waals surface area (Å²) < 4.78 is 18.0. The Hall–Kier alpha value is -3.42. The summed E-state index contributed by atoms with van der Waals surface area (Å²) in [5.74, 6) is -0.541. The van der Waals surface area contributed by atoms with E-state index >= 15 is 0 Å². The van der Waals surface area contributed by atoms with Gasteiger partial charge in [0, 0.05) is 30.8 Å². The van der Waals surface area contributed by atoms with Gasteiger partial charge in [-0.05, 0) is 61.4 Å². The first-order chi connectivity index (χ1) is 14.5. The molecule has 0 aromatic heterocycles. The van der Waals surface area contributed by atoms with Crippen molar-refractivity contribution in [2.75, 3.05) is 26.7 Å². The van der Waals surface area contributed by atoms with E-state index in [1.54, 1.807) is 36.3 Å². The Morgan fingerprint density at radius 1 is 1.00 bits per heavy atom. The summed E-state index contributed by atoms with van der Waals surface area (Å²) in [6.45, 7) is 0.970. The molecule has 30 heavy (non-hydrogen) atoms. The van der Waals surface area contributed by atoms with Gasteiger partial charge < -0.3 is 20.3 Å². The Kier molecular flexibility index (Phi) is 7.00. The molecule has 158 valence electrons. The zero-order valence-corrected chi connectivity index (χ0v) is 16.7. The molecule has 0 radical (unpaired) electrons. The van der Waals surface area contributed by atoms with Crippen LogP contribution in [0.4, 0.5) is 4.39 Å². The second-order valence-corrected chi connectivity index (χ2v) is 6.94. The molecular formula is C22H24FN3O4. The average molecular weight is 413 g/mol. The number of benzene rings is 2. The zero-order valence-electron chi connectivity index (χ0n) is 16.7. The molecule has 1 heterocycles. The molecule has 0 aliphatic carbocycles. The molecule has 8 heteroatoms. The van der Waals surface area contributed by atoms with E-state index in [4.69, 9.17) is 4.74 Å². The monoisotopic (exact) mass is 413 g/mol. The minimum Gasteiger partial charge on any atom is -0.497 e. The fourth-order valence-electron chi connectivity index (χ4n) is 3.36. The van der Waals surface area contributed by atoms with Crippen molar-refractivity contribution in [1.82, 2.24) is 15.5 Å². The van der Waals surface area contributed by atoms with Crippen molar-refractivity contribution in [3.8, 4) is 5.75 Å². The average Bonchev–Trinajstić information content (AvgIpc) is 3.26. The second kappa shape index (κ2) is 9.87. The number of halogens is 1. The third-order valence-electron chi connectivity index (χ3n) is 4.97. The number of hydrogen-bond acceptors (Lipinski definition) is 4. The van der Waals surface area contributed by atoms with Crippen molar-refractivity contribution < 1.29 is 23.5 Å². The van der Waals surface area contributed by atoms with E-state index in [2.05, 4.69) is 10.6 Å². The summed E-state index contributed by atoms with van der Waals surface area (Å²) in [6.07, 6.45) is 1.34. The number of rotatable bonds is 7. The fraction of sp³-hybridized carbons (Fsp3) is 0.318. The largest absolute Gasteiger partial charge is 0.497 e. The molecule has 0 spiro atoms. The second-order valence-electron chi connectivity index (χ2n) is 6.94. The molecule has 0 bridgehead atoms. The van der Waals surface area contributed by atoms with Gasteiger partial charge in [0.2, 0.25) is 5.91 Å². The molecule has 3 amide bonds. The van der Waals surface area contributed by atoms with Gasteiger partial charge in [0.1, 0.15) is 17.6 Å². The molecule has 2 aromatic carbocycles. The highest BCUT2D eigenvalue weighted by Gasteiger charge is 2.34. The highest BCUT2D eigenvalue weighted by Crippen LogP contribution is 2.21. The van der Waals surface area contributed by atoms with Crippen LogP contribution in [0.15, 0.2) is 48.5 Å². The highest BCUT2D eigenvalue weighted by molar-refractivity contribution is 5.98. The summed E-state index contributed by atoms with van der Waals surface area (Å²) in [5.41, 5.74) is 0.844. The van der Waals surface area contributed by atoms with Gasteiger partial charge in [-0.25, -0.2) is 4.39 Å². The van der Waals surface area contributed by atoms with E-state index in [0.717, 1.165) is 6.42 Å². The van der Waals surface area contributed by atoms with E-state index < -0.39 is 11.9 Å². The van der Waals surface area contributed by atoms with Gasteiger partial charge in [0.25, 0.3) is 11.8 Å². The molecule has 1 fully saturated rings. The predicted molar refractivity (Wildman–Crippen MR) is 109 cm³/mol. The van der Waals surface area contributed by atoms with Gasteiger partial charge in [-0.2, -0.15) is 0 Å². The normalized spacial score (nSPS) is 15.5. The molecule has 2 aromatic rings. The maximum atomic E-state index is 12.9. The minimum absolute atomic E-state index is 0.195. The molecule has 0 saturated carbocycles. The number of likely N-dealkylation sites (tertiary alicyclic amines) is 1. The summed E-state index contributed by atoms with van der Waals surface area (Å²) in [5, 5.41) is 5.43. The highest BCUT2D eigenvalue weighted by atomic mass is 19.1. The molecule has 1 atom stereocenters. The zero-order chi connectivity index (χ0) is 21.5. The molecular weight excluding hydrogens is 389 g/mol. The Morgan fingerprint density at radius 3 is 2.30 bits per heavy atom. The van der Waals surface area contributed by atoms with Gasteiger partial charge in [0.05, 0.1) is 7.11 Å².